The zero-order valence-electron chi connectivity index (χ0n) is 8.16. The number of rotatable bonds is 3. The van der Waals surface area contributed by atoms with Crippen molar-refractivity contribution in [2.75, 3.05) is 0 Å². The van der Waals surface area contributed by atoms with Gasteiger partial charge in [-0.1, -0.05) is 31.9 Å². The van der Waals surface area contributed by atoms with Crippen LogP contribution in [0.4, 0.5) is 0 Å². The van der Waals surface area contributed by atoms with Crippen molar-refractivity contribution in [1.29, 1.82) is 0 Å². The number of benzene rings is 1. The molecule has 0 unspecified atom stereocenters. The van der Waals surface area contributed by atoms with Crippen LogP contribution in [-0.2, 0) is 0 Å². The van der Waals surface area contributed by atoms with Crippen LogP contribution >= 0.6 is 31.9 Å². The molecule has 1 aliphatic carbocycles. The average molecular weight is 335 g/mol. The van der Waals surface area contributed by atoms with Gasteiger partial charge in [0.15, 0.2) is 0 Å². The van der Waals surface area contributed by atoms with Gasteiger partial charge in [-0.3, -0.25) is 0 Å². The quantitative estimate of drug-likeness (QED) is 0.892. The normalized spacial score (nSPS) is 20.0. The van der Waals surface area contributed by atoms with E-state index in [0.717, 1.165) is 27.4 Å². The molecule has 0 aromatic heterocycles. The lowest BCUT2D eigenvalue weighted by atomic mass is 9.99. The SMILES string of the molecule is N[C@H](c1cc(Br)cc(Br)c1)[C@@H](O)C1CC1. The molecule has 1 aromatic rings. The first-order valence-electron chi connectivity index (χ1n) is 4.97. The molecule has 0 aliphatic heterocycles. The number of nitrogens with two attached hydrogens (primary N) is 1. The molecule has 0 saturated heterocycles. The number of aliphatic hydroxyl groups is 1. The second-order valence-corrected chi connectivity index (χ2v) is 5.89. The maximum atomic E-state index is 9.94. The summed E-state index contributed by atoms with van der Waals surface area (Å²) in [6.07, 6.45) is 1.79. The van der Waals surface area contributed by atoms with Crippen molar-refractivity contribution in [2.24, 2.45) is 11.7 Å². The van der Waals surface area contributed by atoms with Crippen LogP contribution in [0.2, 0.25) is 0 Å². The molecule has 3 N–H and O–H groups in total. The van der Waals surface area contributed by atoms with Gasteiger partial charge in [0.05, 0.1) is 12.1 Å². The highest BCUT2D eigenvalue weighted by Crippen LogP contribution is 2.37. The minimum Gasteiger partial charge on any atom is -0.391 e. The Morgan fingerprint density at radius 2 is 1.73 bits per heavy atom. The Hall–Kier alpha value is 0.1000. The molecule has 15 heavy (non-hydrogen) atoms. The molecule has 2 nitrogen and oxygen atoms in total. The third-order valence-corrected chi connectivity index (χ3v) is 3.66. The van der Waals surface area contributed by atoms with Crippen molar-refractivity contribution in [3.8, 4) is 0 Å². The van der Waals surface area contributed by atoms with Crippen LogP contribution in [-0.4, -0.2) is 11.2 Å². The van der Waals surface area contributed by atoms with E-state index >= 15 is 0 Å². The van der Waals surface area contributed by atoms with Gasteiger partial charge in [-0.25, -0.2) is 0 Å². The Morgan fingerprint density at radius 3 is 2.20 bits per heavy atom. The summed E-state index contributed by atoms with van der Waals surface area (Å²) in [5, 5.41) is 9.94. The maximum absolute atomic E-state index is 9.94. The summed E-state index contributed by atoms with van der Waals surface area (Å²) in [7, 11) is 0. The lowest BCUT2D eigenvalue weighted by molar-refractivity contribution is 0.122. The standard InChI is InChI=1S/C11H13Br2NO/c12-8-3-7(4-9(13)5-8)10(14)11(15)6-1-2-6/h3-6,10-11,15H,1-2,14H2/t10-,11+/m1/s1. The van der Waals surface area contributed by atoms with Gasteiger partial charge in [-0.2, -0.15) is 0 Å². The monoisotopic (exact) mass is 333 g/mol. The van der Waals surface area contributed by atoms with Crippen LogP contribution in [0, 0.1) is 5.92 Å². The Balaban J connectivity index is 2.19. The molecule has 2 atom stereocenters. The topological polar surface area (TPSA) is 46.2 Å². The number of hydrogen-bond donors (Lipinski definition) is 2. The predicted molar refractivity (Wildman–Crippen MR) is 67.5 cm³/mol. The van der Waals surface area contributed by atoms with Gasteiger partial charge in [-0.15, -0.1) is 0 Å². The van der Waals surface area contributed by atoms with Crippen molar-refractivity contribution >= 4 is 31.9 Å². The van der Waals surface area contributed by atoms with Crippen LogP contribution in [0.25, 0.3) is 0 Å². The lowest BCUT2D eigenvalue weighted by Crippen LogP contribution is -2.27. The van der Waals surface area contributed by atoms with Crippen LogP contribution in [0.3, 0.4) is 0 Å². The molecule has 1 aliphatic rings. The molecule has 1 aromatic carbocycles. The minimum absolute atomic E-state index is 0.286. The lowest BCUT2D eigenvalue weighted by Gasteiger charge is -2.19. The second kappa shape index (κ2) is 4.53. The van der Waals surface area contributed by atoms with Crippen molar-refractivity contribution in [2.45, 2.75) is 25.0 Å². The molecular formula is C11H13Br2NO. The zero-order valence-corrected chi connectivity index (χ0v) is 11.3. The molecule has 0 amide bonds. The smallest absolute Gasteiger partial charge is 0.0760 e. The van der Waals surface area contributed by atoms with E-state index in [1.807, 2.05) is 18.2 Å². The van der Waals surface area contributed by atoms with E-state index in [4.69, 9.17) is 5.73 Å². The fourth-order valence-corrected chi connectivity index (χ4v) is 3.02. The van der Waals surface area contributed by atoms with Crippen LogP contribution in [0.5, 0.6) is 0 Å². The first-order chi connectivity index (χ1) is 7.08. The Bertz CT molecular complexity index is 345. The van der Waals surface area contributed by atoms with Gasteiger partial charge in [0.1, 0.15) is 0 Å². The highest BCUT2D eigenvalue weighted by Gasteiger charge is 2.34. The molecule has 82 valence electrons. The molecular weight excluding hydrogens is 322 g/mol. The maximum Gasteiger partial charge on any atom is 0.0760 e. The molecule has 0 bridgehead atoms. The largest absolute Gasteiger partial charge is 0.391 e. The Kier molecular flexibility index (Phi) is 3.50. The molecule has 0 spiro atoms. The van der Waals surface area contributed by atoms with Crippen LogP contribution < -0.4 is 5.73 Å². The summed E-state index contributed by atoms with van der Waals surface area (Å²) in [4.78, 5) is 0. The van der Waals surface area contributed by atoms with Crippen LogP contribution in [0.1, 0.15) is 24.4 Å². The van der Waals surface area contributed by atoms with Crippen molar-refractivity contribution < 1.29 is 5.11 Å². The fraction of sp³-hybridized carbons (Fsp3) is 0.455. The first-order valence-corrected chi connectivity index (χ1v) is 6.56. The molecule has 0 radical (unpaired) electrons. The highest BCUT2D eigenvalue weighted by molar-refractivity contribution is 9.11. The van der Waals surface area contributed by atoms with Gasteiger partial charge >= 0.3 is 0 Å². The summed E-state index contributed by atoms with van der Waals surface area (Å²) in [6.45, 7) is 0. The summed E-state index contributed by atoms with van der Waals surface area (Å²) >= 11 is 6.83. The van der Waals surface area contributed by atoms with E-state index in [-0.39, 0.29) is 6.04 Å². The minimum atomic E-state index is -0.411. The summed E-state index contributed by atoms with van der Waals surface area (Å²) in [5.74, 6) is 0.401. The molecule has 4 heteroatoms. The Morgan fingerprint density at radius 1 is 1.20 bits per heavy atom. The van der Waals surface area contributed by atoms with Gasteiger partial charge in [0.25, 0.3) is 0 Å². The van der Waals surface area contributed by atoms with Crippen LogP contribution in [0.15, 0.2) is 27.1 Å². The number of hydrogen-bond acceptors (Lipinski definition) is 2. The second-order valence-electron chi connectivity index (χ2n) is 4.06. The van der Waals surface area contributed by atoms with Gasteiger partial charge in [0.2, 0.25) is 0 Å². The van der Waals surface area contributed by atoms with E-state index < -0.39 is 6.10 Å². The van der Waals surface area contributed by atoms with Crippen molar-refractivity contribution in [1.82, 2.24) is 0 Å². The zero-order chi connectivity index (χ0) is 11.0. The summed E-state index contributed by atoms with van der Waals surface area (Å²) < 4.78 is 1.95. The third kappa shape index (κ3) is 2.81. The van der Waals surface area contributed by atoms with Gasteiger partial charge in [0, 0.05) is 8.95 Å². The predicted octanol–water partition coefficient (Wildman–Crippen LogP) is 2.98. The summed E-state index contributed by atoms with van der Waals surface area (Å²) in [5.41, 5.74) is 6.99. The first kappa shape index (κ1) is 11.6. The van der Waals surface area contributed by atoms with Gasteiger partial charge < -0.3 is 10.8 Å². The van der Waals surface area contributed by atoms with E-state index in [1.54, 1.807) is 0 Å². The number of halogens is 2. The molecule has 0 heterocycles. The fourth-order valence-electron chi connectivity index (χ4n) is 1.70. The van der Waals surface area contributed by atoms with E-state index in [2.05, 4.69) is 31.9 Å². The average Bonchev–Trinajstić information content (AvgIpc) is 2.97. The Labute approximate surface area is 106 Å². The van der Waals surface area contributed by atoms with Crippen molar-refractivity contribution in [3.05, 3.63) is 32.7 Å². The van der Waals surface area contributed by atoms with E-state index in [9.17, 15) is 5.11 Å². The third-order valence-electron chi connectivity index (χ3n) is 2.74. The summed E-state index contributed by atoms with van der Waals surface area (Å²) in [6, 6.07) is 5.59. The molecule has 2 rings (SSSR count). The van der Waals surface area contributed by atoms with E-state index in [0.29, 0.717) is 5.92 Å². The van der Waals surface area contributed by atoms with Crippen molar-refractivity contribution in [3.63, 3.8) is 0 Å². The molecule has 1 fully saturated rings. The highest BCUT2D eigenvalue weighted by atomic mass is 79.9. The van der Waals surface area contributed by atoms with E-state index in [1.165, 1.54) is 0 Å². The number of aliphatic hydroxyl groups excluding tert-OH is 1. The van der Waals surface area contributed by atoms with Gasteiger partial charge in [-0.05, 0) is 42.5 Å². The molecule has 1 saturated carbocycles.